The molecule has 1 aromatic carbocycles. The van der Waals surface area contributed by atoms with Gasteiger partial charge >= 0.3 is 0 Å². The minimum Gasteiger partial charge on any atom is -0.342 e. The Kier molecular flexibility index (Phi) is 6.41. The molecule has 0 radical (unpaired) electrons. The van der Waals surface area contributed by atoms with Crippen molar-refractivity contribution in [1.29, 1.82) is 0 Å². The van der Waals surface area contributed by atoms with E-state index in [1.807, 2.05) is 56.1 Å². The molecule has 31 heavy (non-hydrogen) atoms. The van der Waals surface area contributed by atoms with E-state index >= 15 is 0 Å². The predicted molar refractivity (Wildman–Crippen MR) is 125 cm³/mol. The summed E-state index contributed by atoms with van der Waals surface area (Å²) in [5.41, 5.74) is 1.45. The number of amides is 1. The third-order valence-electron chi connectivity index (χ3n) is 5.98. The zero-order valence-electron chi connectivity index (χ0n) is 18.2. The lowest BCUT2D eigenvalue weighted by molar-refractivity contribution is -0.131. The second kappa shape index (κ2) is 9.22. The van der Waals surface area contributed by atoms with Crippen molar-refractivity contribution in [2.24, 2.45) is 0 Å². The van der Waals surface area contributed by atoms with E-state index in [-0.39, 0.29) is 16.7 Å². The Bertz CT molecular complexity index is 1150. The number of rotatable bonds is 5. The van der Waals surface area contributed by atoms with Crippen molar-refractivity contribution >= 4 is 28.6 Å². The quantitative estimate of drug-likeness (QED) is 0.439. The van der Waals surface area contributed by atoms with Gasteiger partial charge in [-0.3, -0.25) is 9.59 Å². The molecule has 0 spiro atoms. The Labute approximate surface area is 186 Å². The van der Waals surface area contributed by atoms with Gasteiger partial charge in [0, 0.05) is 19.3 Å². The first-order valence-corrected chi connectivity index (χ1v) is 11.7. The number of fused-ring (bicyclic) bond motifs is 1. The van der Waals surface area contributed by atoms with Crippen LogP contribution in [0.3, 0.4) is 0 Å². The molecule has 0 saturated heterocycles. The van der Waals surface area contributed by atoms with Crippen LogP contribution < -0.4 is 5.56 Å². The first-order chi connectivity index (χ1) is 15.0. The SMILES string of the molecule is Cc1ccnc(-n2c(SC(C)C(=O)N(C)C3CCCCC3)nc3ccccc3c2=O)c1. The molecule has 7 heteroatoms. The molecule has 1 amide bonds. The number of benzene rings is 1. The molecular formula is C24H28N4O2S. The topological polar surface area (TPSA) is 68.1 Å². The van der Waals surface area contributed by atoms with Gasteiger partial charge in [0.1, 0.15) is 5.82 Å². The molecule has 1 aliphatic carbocycles. The van der Waals surface area contributed by atoms with Crippen molar-refractivity contribution in [2.75, 3.05) is 7.05 Å². The van der Waals surface area contributed by atoms with Crippen molar-refractivity contribution in [3.05, 3.63) is 58.5 Å². The molecule has 1 saturated carbocycles. The summed E-state index contributed by atoms with van der Waals surface area (Å²) in [7, 11) is 1.90. The summed E-state index contributed by atoms with van der Waals surface area (Å²) in [5.74, 6) is 0.592. The van der Waals surface area contributed by atoms with Crippen LogP contribution in [0.25, 0.3) is 16.7 Å². The number of hydrogen-bond acceptors (Lipinski definition) is 5. The molecule has 162 valence electrons. The lowest BCUT2D eigenvalue weighted by atomic mass is 9.94. The number of aryl methyl sites for hydroxylation is 1. The third kappa shape index (κ3) is 4.51. The lowest BCUT2D eigenvalue weighted by Gasteiger charge is -2.32. The van der Waals surface area contributed by atoms with Gasteiger partial charge in [0.15, 0.2) is 5.16 Å². The highest BCUT2D eigenvalue weighted by molar-refractivity contribution is 8.00. The van der Waals surface area contributed by atoms with Gasteiger partial charge in [-0.2, -0.15) is 0 Å². The number of hydrogen-bond donors (Lipinski definition) is 0. The van der Waals surface area contributed by atoms with Crippen molar-refractivity contribution in [3.8, 4) is 5.82 Å². The Morgan fingerprint density at radius 1 is 1.19 bits per heavy atom. The highest BCUT2D eigenvalue weighted by atomic mass is 32.2. The maximum Gasteiger partial charge on any atom is 0.267 e. The van der Waals surface area contributed by atoms with Crippen LogP contribution in [-0.4, -0.2) is 43.7 Å². The van der Waals surface area contributed by atoms with Crippen molar-refractivity contribution in [2.45, 2.75) is 62.4 Å². The summed E-state index contributed by atoms with van der Waals surface area (Å²) in [4.78, 5) is 37.6. The predicted octanol–water partition coefficient (Wildman–Crippen LogP) is 4.36. The molecule has 1 fully saturated rings. The molecule has 1 atom stereocenters. The van der Waals surface area contributed by atoms with Gasteiger partial charge in [-0.25, -0.2) is 14.5 Å². The standard InChI is InChI=1S/C24H28N4O2S/c1-16-13-14-25-21(15-16)28-23(30)19-11-7-8-12-20(19)26-24(28)31-17(2)22(29)27(3)18-9-5-4-6-10-18/h7-8,11-15,17-18H,4-6,9-10H2,1-3H3. The number of carbonyl (C=O) groups is 1. The third-order valence-corrected chi connectivity index (χ3v) is 7.01. The fourth-order valence-corrected chi connectivity index (χ4v) is 5.20. The lowest BCUT2D eigenvalue weighted by Crippen LogP contribution is -2.42. The second-order valence-electron chi connectivity index (χ2n) is 8.24. The van der Waals surface area contributed by atoms with Gasteiger partial charge in [0.25, 0.3) is 5.56 Å². The van der Waals surface area contributed by atoms with Crippen molar-refractivity contribution in [1.82, 2.24) is 19.4 Å². The number of thioether (sulfide) groups is 1. The molecule has 1 unspecified atom stereocenters. The summed E-state index contributed by atoms with van der Waals surface area (Å²) >= 11 is 1.32. The number of carbonyl (C=O) groups excluding carboxylic acids is 1. The monoisotopic (exact) mass is 436 g/mol. The van der Waals surface area contributed by atoms with E-state index in [0.717, 1.165) is 18.4 Å². The highest BCUT2D eigenvalue weighted by Gasteiger charge is 2.27. The minimum absolute atomic E-state index is 0.0723. The number of para-hydroxylation sites is 1. The van der Waals surface area contributed by atoms with E-state index in [2.05, 4.69) is 4.98 Å². The fraction of sp³-hybridized carbons (Fsp3) is 0.417. The average Bonchev–Trinajstić information content (AvgIpc) is 2.79. The van der Waals surface area contributed by atoms with Crippen LogP contribution in [0.2, 0.25) is 0 Å². The molecule has 6 nitrogen and oxygen atoms in total. The van der Waals surface area contributed by atoms with Gasteiger partial charge in [0.05, 0.1) is 16.2 Å². The van der Waals surface area contributed by atoms with E-state index in [4.69, 9.17) is 4.98 Å². The van der Waals surface area contributed by atoms with Crippen LogP contribution in [0.1, 0.15) is 44.6 Å². The highest BCUT2D eigenvalue weighted by Crippen LogP contribution is 2.28. The number of nitrogens with zero attached hydrogens (tertiary/aromatic N) is 4. The average molecular weight is 437 g/mol. The van der Waals surface area contributed by atoms with E-state index in [1.54, 1.807) is 12.3 Å². The van der Waals surface area contributed by atoms with E-state index in [0.29, 0.717) is 27.9 Å². The van der Waals surface area contributed by atoms with E-state index in [9.17, 15) is 9.59 Å². The molecule has 3 aromatic rings. The Balaban J connectivity index is 1.71. The van der Waals surface area contributed by atoms with Gasteiger partial charge in [-0.05, 0) is 56.5 Å². The largest absolute Gasteiger partial charge is 0.342 e. The van der Waals surface area contributed by atoms with Crippen LogP contribution in [-0.2, 0) is 4.79 Å². The Morgan fingerprint density at radius 3 is 2.68 bits per heavy atom. The molecule has 0 N–H and O–H groups in total. The van der Waals surface area contributed by atoms with E-state index in [1.165, 1.54) is 35.6 Å². The van der Waals surface area contributed by atoms with Crippen LogP contribution >= 0.6 is 11.8 Å². The van der Waals surface area contributed by atoms with Gasteiger partial charge in [-0.1, -0.05) is 43.2 Å². The molecular weight excluding hydrogens is 408 g/mol. The molecule has 2 heterocycles. The zero-order valence-corrected chi connectivity index (χ0v) is 19.1. The minimum atomic E-state index is -0.365. The summed E-state index contributed by atoms with van der Waals surface area (Å²) in [5, 5.41) is 0.657. The van der Waals surface area contributed by atoms with Gasteiger partial charge < -0.3 is 4.90 Å². The van der Waals surface area contributed by atoms with Crippen LogP contribution in [0.4, 0.5) is 0 Å². The van der Waals surface area contributed by atoms with Crippen LogP contribution in [0, 0.1) is 6.92 Å². The normalized spacial score (nSPS) is 15.7. The van der Waals surface area contributed by atoms with Crippen LogP contribution in [0.15, 0.2) is 52.5 Å². The molecule has 4 rings (SSSR count). The van der Waals surface area contributed by atoms with Gasteiger partial charge in [0.2, 0.25) is 5.91 Å². The molecule has 2 aromatic heterocycles. The summed E-state index contributed by atoms with van der Waals surface area (Å²) in [6, 6.07) is 11.4. The Morgan fingerprint density at radius 2 is 1.94 bits per heavy atom. The number of aromatic nitrogens is 3. The second-order valence-corrected chi connectivity index (χ2v) is 9.55. The maximum absolute atomic E-state index is 13.4. The summed E-state index contributed by atoms with van der Waals surface area (Å²) < 4.78 is 1.53. The molecule has 1 aliphatic rings. The summed E-state index contributed by atoms with van der Waals surface area (Å²) in [6.45, 7) is 3.85. The molecule has 0 bridgehead atoms. The first-order valence-electron chi connectivity index (χ1n) is 10.8. The zero-order chi connectivity index (χ0) is 22.0. The van der Waals surface area contributed by atoms with E-state index < -0.39 is 0 Å². The number of pyridine rings is 1. The Hall–Kier alpha value is -2.67. The van der Waals surface area contributed by atoms with Crippen molar-refractivity contribution < 1.29 is 4.79 Å². The smallest absolute Gasteiger partial charge is 0.267 e. The first kappa shape index (κ1) is 21.6. The summed E-state index contributed by atoms with van der Waals surface area (Å²) in [6.07, 6.45) is 7.41. The van der Waals surface area contributed by atoms with Crippen LogP contribution in [0.5, 0.6) is 0 Å². The van der Waals surface area contributed by atoms with Gasteiger partial charge in [-0.15, -0.1) is 0 Å². The molecule has 0 aliphatic heterocycles. The maximum atomic E-state index is 13.4. The van der Waals surface area contributed by atoms with Crippen molar-refractivity contribution in [3.63, 3.8) is 0 Å². The fourth-order valence-electron chi connectivity index (χ4n) is 4.18.